The summed E-state index contributed by atoms with van der Waals surface area (Å²) in [5.41, 5.74) is 1.31. The number of carboxylic acid groups (broad SMARTS) is 1. The monoisotopic (exact) mass is 317 g/mol. The molecule has 5 nitrogen and oxygen atoms in total. The van der Waals surface area contributed by atoms with Gasteiger partial charge in [-0.3, -0.25) is 9.59 Å². The average molecular weight is 317 g/mol. The SMILES string of the molecule is O=C(O)C1CCC1C(=O)N1CC(OCCCc2ccccc2)C1. The second kappa shape index (κ2) is 7.13. The number of carbonyl (C=O) groups excluding carboxylic acids is 1. The number of ether oxygens (including phenoxy) is 1. The Hall–Kier alpha value is -1.88. The van der Waals surface area contributed by atoms with Gasteiger partial charge < -0.3 is 14.7 Å². The summed E-state index contributed by atoms with van der Waals surface area (Å²) in [4.78, 5) is 24.9. The molecule has 1 saturated carbocycles. The lowest BCUT2D eigenvalue weighted by Crippen LogP contribution is -2.58. The summed E-state index contributed by atoms with van der Waals surface area (Å²) in [6.45, 7) is 1.91. The second-order valence-electron chi connectivity index (χ2n) is 6.45. The van der Waals surface area contributed by atoms with Gasteiger partial charge in [-0.2, -0.15) is 0 Å². The highest BCUT2D eigenvalue weighted by molar-refractivity contribution is 5.86. The maximum atomic E-state index is 12.2. The summed E-state index contributed by atoms with van der Waals surface area (Å²) >= 11 is 0. The molecule has 2 aliphatic rings. The minimum Gasteiger partial charge on any atom is -0.481 e. The number of hydrogen-bond donors (Lipinski definition) is 1. The van der Waals surface area contributed by atoms with Crippen molar-refractivity contribution in [1.82, 2.24) is 4.90 Å². The van der Waals surface area contributed by atoms with Crippen molar-refractivity contribution < 1.29 is 19.4 Å². The van der Waals surface area contributed by atoms with Crippen molar-refractivity contribution >= 4 is 11.9 Å². The van der Waals surface area contributed by atoms with Crippen molar-refractivity contribution in [3.05, 3.63) is 35.9 Å². The molecule has 2 fully saturated rings. The molecule has 1 amide bonds. The van der Waals surface area contributed by atoms with Gasteiger partial charge in [-0.15, -0.1) is 0 Å². The minimum absolute atomic E-state index is 0.00668. The molecule has 0 bridgehead atoms. The minimum atomic E-state index is -0.844. The van der Waals surface area contributed by atoms with Crippen molar-refractivity contribution in [2.75, 3.05) is 19.7 Å². The number of carboxylic acids is 1. The van der Waals surface area contributed by atoms with Gasteiger partial charge >= 0.3 is 5.97 Å². The van der Waals surface area contributed by atoms with Crippen molar-refractivity contribution in [2.24, 2.45) is 11.8 Å². The fraction of sp³-hybridized carbons (Fsp3) is 0.556. The van der Waals surface area contributed by atoms with Crippen LogP contribution in [0.5, 0.6) is 0 Å². The largest absolute Gasteiger partial charge is 0.481 e. The van der Waals surface area contributed by atoms with E-state index in [4.69, 9.17) is 9.84 Å². The van der Waals surface area contributed by atoms with Crippen molar-refractivity contribution in [3.8, 4) is 0 Å². The molecule has 1 saturated heterocycles. The predicted octanol–water partition coefficient (Wildman–Crippen LogP) is 1.96. The normalized spacial score (nSPS) is 23.9. The van der Waals surface area contributed by atoms with Gasteiger partial charge in [0.1, 0.15) is 0 Å². The van der Waals surface area contributed by atoms with E-state index >= 15 is 0 Å². The fourth-order valence-corrected chi connectivity index (χ4v) is 3.22. The zero-order valence-electron chi connectivity index (χ0n) is 13.2. The number of benzene rings is 1. The maximum absolute atomic E-state index is 12.2. The Morgan fingerprint density at radius 2 is 1.83 bits per heavy atom. The molecule has 2 atom stereocenters. The molecule has 2 unspecified atom stereocenters. The van der Waals surface area contributed by atoms with E-state index in [1.54, 1.807) is 4.90 Å². The van der Waals surface area contributed by atoms with Gasteiger partial charge in [0, 0.05) is 19.7 Å². The summed E-state index contributed by atoms with van der Waals surface area (Å²) in [7, 11) is 0. The fourth-order valence-electron chi connectivity index (χ4n) is 3.22. The van der Waals surface area contributed by atoms with Crippen molar-refractivity contribution in [2.45, 2.75) is 31.8 Å². The van der Waals surface area contributed by atoms with Gasteiger partial charge in [0.05, 0.1) is 17.9 Å². The number of likely N-dealkylation sites (tertiary alicyclic amines) is 1. The third-order valence-corrected chi connectivity index (χ3v) is 4.87. The zero-order chi connectivity index (χ0) is 16.2. The van der Waals surface area contributed by atoms with E-state index in [-0.39, 0.29) is 17.9 Å². The highest BCUT2D eigenvalue weighted by Gasteiger charge is 2.45. The van der Waals surface area contributed by atoms with Crippen LogP contribution in [0.1, 0.15) is 24.8 Å². The molecule has 1 N–H and O–H groups in total. The zero-order valence-corrected chi connectivity index (χ0v) is 13.2. The Morgan fingerprint density at radius 3 is 2.43 bits per heavy atom. The molecule has 1 aromatic carbocycles. The Bertz CT molecular complexity index is 553. The van der Waals surface area contributed by atoms with E-state index in [1.807, 2.05) is 18.2 Å². The van der Waals surface area contributed by atoms with Crippen LogP contribution in [-0.4, -0.2) is 47.7 Å². The Labute approximate surface area is 136 Å². The van der Waals surface area contributed by atoms with E-state index in [0.29, 0.717) is 32.5 Å². The van der Waals surface area contributed by atoms with Crippen LogP contribution >= 0.6 is 0 Å². The number of amides is 1. The first-order valence-electron chi connectivity index (χ1n) is 8.32. The molecule has 1 aliphatic heterocycles. The number of nitrogens with zero attached hydrogens (tertiary/aromatic N) is 1. The molecule has 1 aliphatic carbocycles. The lowest BCUT2D eigenvalue weighted by Gasteiger charge is -2.44. The van der Waals surface area contributed by atoms with Gasteiger partial charge in [-0.1, -0.05) is 30.3 Å². The number of carbonyl (C=O) groups is 2. The molecule has 1 heterocycles. The Kier molecular flexibility index (Phi) is 4.96. The van der Waals surface area contributed by atoms with Crippen LogP contribution in [0.15, 0.2) is 30.3 Å². The molecule has 5 heteroatoms. The molecule has 0 spiro atoms. The molecule has 3 rings (SSSR count). The van der Waals surface area contributed by atoms with Gasteiger partial charge in [0.2, 0.25) is 5.91 Å². The second-order valence-corrected chi connectivity index (χ2v) is 6.45. The highest BCUT2D eigenvalue weighted by Crippen LogP contribution is 2.36. The first-order valence-corrected chi connectivity index (χ1v) is 8.32. The van der Waals surface area contributed by atoms with E-state index in [9.17, 15) is 9.59 Å². The number of hydrogen-bond acceptors (Lipinski definition) is 3. The predicted molar refractivity (Wildman–Crippen MR) is 84.9 cm³/mol. The van der Waals surface area contributed by atoms with Crippen LogP contribution in [-0.2, 0) is 20.7 Å². The van der Waals surface area contributed by atoms with Gasteiger partial charge in [-0.05, 0) is 31.2 Å². The van der Waals surface area contributed by atoms with E-state index in [1.165, 1.54) is 5.56 Å². The van der Waals surface area contributed by atoms with Crippen molar-refractivity contribution in [3.63, 3.8) is 0 Å². The number of rotatable bonds is 7. The number of aliphatic carboxylic acids is 1. The summed E-state index contributed by atoms with van der Waals surface area (Å²) < 4.78 is 5.78. The Balaban J connectivity index is 1.31. The summed E-state index contributed by atoms with van der Waals surface area (Å²) in [5, 5.41) is 9.02. The first kappa shape index (κ1) is 16.0. The molecular weight excluding hydrogens is 294 g/mol. The maximum Gasteiger partial charge on any atom is 0.307 e. The van der Waals surface area contributed by atoms with Crippen LogP contribution < -0.4 is 0 Å². The van der Waals surface area contributed by atoms with Gasteiger partial charge in [-0.25, -0.2) is 0 Å². The molecule has 0 radical (unpaired) electrons. The molecular formula is C18H23NO4. The highest BCUT2D eigenvalue weighted by atomic mass is 16.5. The third kappa shape index (κ3) is 3.72. The quantitative estimate of drug-likeness (QED) is 0.781. The molecule has 124 valence electrons. The van der Waals surface area contributed by atoms with Crippen LogP contribution in [0.25, 0.3) is 0 Å². The third-order valence-electron chi connectivity index (χ3n) is 4.87. The van der Waals surface area contributed by atoms with Gasteiger partial charge in [0.25, 0.3) is 0 Å². The van der Waals surface area contributed by atoms with E-state index < -0.39 is 11.9 Å². The smallest absolute Gasteiger partial charge is 0.307 e. The molecule has 1 aromatic rings. The summed E-state index contributed by atoms with van der Waals surface area (Å²) in [6.07, 6.45) is 3.41. The van der Waals surface area contributed by atoms with Crippen LogP contribution in [0, 0.1) is 11.8 Å². The van der Waals surface area contributed by atoms with Crippen LogP contribution in [0.3, 0.4) is 0 Å². The van der Waals surface area contributed by atoms with Gasteiger partial charge in [0.15, 0.2) is 0 Å². The van der Waals surface area contributed by atoms with Crippen LogP contribution in [0.4, 0.5) is 0 Å². The molecule has 0 aromatic heterocycles. The number of aryl methyl sites for hydroxylation is 1. The lowest BCUT2D eigenvalue weighted by molar-refractivity contribution is -0.163. The molecule has 23 heavy (non-hydrogen) atoms. The van der Waals surface area contributed by atoms with E-state index in [2.05, 4.69) is 12.1 Å². The average Bonchev–Trinajstić information content (AvgIpc) is 2.44. The van der Waals surface area contributed by atoms with E-state index in [0.717, 1.165) is 12.8 Å². The lowest BCUT2D eigenvalue weighted by atomic mass is 9.72. The first-order chi connectivity index (χ1) is 11.1. The summed E-state index contributed by atoms with van der Waals surface area (Å²) in [6, 6.07) is 10.3. The Morgan fingerprint density at radius 1 is 1.13 bits per heavy atom. The standard InChI is InChI=1S/C18H23NO4/c20-17(15-8-9-16(15)18(21)22)19-11-14(12-19)23-10-4-7-13-5-2-1-3-6-13/h1-3,5-6,14-16H,4,7-12H2,(H,21,22). The topological polar surface area (TPSA) is 66.8 Å². The summed E-state index contributed by atoms with van der Waals surface area (Å²) in [5.74, 6) is -1.64. The van der Waals surface area contributed by atoms with Crippen molar-refractivity contribution in [1.29, 1.82) is 0 Å². The van der Waals surface area contributed by atoms with Crippen LogP contribution in [0.2, 0.25) is 0 Å².